The maximum Gasteiger partial charge on any atom is 0.236 e. The van der Waals surface area contributed by atoms with Gasteiger partial charge in [-0.25, -0.2) is 4.98 Å². The summed E-state index contributed by atoms with van der Waals surface area (Å²) in [6.45, 7) is 7.92. The fourth-order valence-electron chi connectivity index (χ4n) is 5.12. The van der Waals surface area contributed by atoms with E-state index in [-0.39, 0.29) is 11.8 Å². The van der Waals surface area contributed by atoms with Crippen molar-refractivity contribution in [3.05, 3.63) is 29.3 Å². The number of benzene rings is 1. The molecule has 1 aromatic heterocycles. The van der Waals surface area contributed by atoms with E-state index in [0.717, 1.165) is 83.6 Å². The number of thiazole rings is 1. The van der Waals surface area contributed by atoms with Gasteiger partial charge in [-0.15, -0.1) is 11.3 Å². The molecule has 0 N–H and O–H groups in total. The Morgan fingerprint density at radius 3 is 2.16 bits per heavy atom. The summed E-state index contributed by atoms with van der Waals surface area (Å²) >= 11 is 1.77. The van der Waals surface area contributed by atoms with Crippen molar-refractivity contribution < 1.29 is 9.59 Å². The lowest BCUT2D eigenvalue weighted by Crippen LogP contribution is -2.52. The molecule has 8 heteroatoms. The zero-order valence-corrected chi connectivity index (χ0v) is 19.6. The lowest BCUT2D eigenvalue weighted by molar-refractivity contribution is -0.135. The summed E-state index contributed by atoms with van der Waals surface area (Å²) in [5.41, 5.74) is 1.07. The SMILES string of the molecule is O=C(CN1CCN(CC(=O)N2CCC[C@H](c3nc4ccccc4s3)C2)CC1)N1CCCC1. The number of fused-ring (bicyclic) bond motifs is 1. The summed E-state index contributed by atoms with van der Waals surface area (Å²) in [6.07, 6.45) is 4.42. The maximum absolute atomic E-state index is 13.0. The van der Waals surface area contributed by atoms with Gasteiger partial charge in [0.1, 0.15) is 0 Å². The Morgan fingerprint density at radius 2 is 1.47 bits per heavy atom. The normalized spacial score (nSPS) is 23.2. The minimum absolute atomic E-state index is 0.234. The number of hydrogen-bond donors (Lipinski definition) is 0. The van der Waals surface area contributed by atoms with E-state index in [1.54, 1.807) is 11.3 Å². The highest BCUT2D eigenvalue weighted by atomic mass is 32.1. The van der Waals surface area contributed by atoms with Gasteiger partial charge in [0.25, 0.3) is 0 Å². The molecule has 1 atom stereocenters. The van der Waals surface area contributed by atoms with Crippen LogP contribution < -0.4 is 0 Å². The molecule has 1 aromatic carbocycles. The number of piperazine rings is 1. The van der Waals surface area contributed by atoms with Crippen molar-refractivity contribution in [3.63, 3.8) is 0 Å². The Hall–Kier alpha value is -2.03. The summed E-state index contributed by atoms with van der Waals surface area (Å²) in [6, 6.07) is 8.29. The van der Waals surface area contributed by atoms with Crippen LogP contribution in [0, 0.1) is 0 Å². The third-order valence-corrected chi connectivity index (χ3v) is 8.27. The Morgan fingerprint density at radius 1 is 0.844 bits per heavy atom. The molecule has 2 amide bonds. The third-order valence-electron chi connectivity index (χ3n) is 7.08. The van der Waals surface area contributed by atoms with Crippen LogP contribution in [0.4, 0.5) is 0 Å². The third kappa shape index (κ3) is 4.97. The summed E-state index contributed by atoms with van der Waals surface area (Å²) < 4.78 is 1.23. The monoisotopic (exact) mass is 455 g/mol. The number of hydrogen-bond acceptors (Lipinski definition) is 6. The summed E-state index contributed by atoms with van der Waals surface area (Å²) in [5.74, 6) is 0.845. The molecule has 32 heavy (non-hydrogen) atoms. The Labute approximate surface area is 194 Å². The first-order valence-electron chi connectivity index (χ1n) is 12.0. The van der Waals surface area contributed by atoms with Crippen molar-refractivity contribution >= 4 is 33.4 Å². The summed E-state index contributed by atoms with van der Waals surface area (Å²) in [7, 11) is 0. The molecule has 0 saturated carbocycles. The molecular formula is C24H33N5O2S. The number of rotatable bonds is 5. The van der Waals surface area contributed by atoms with E-state index in [4.69, 9.17) is 4.98 Å². The minimum atomic E-state index is 0.234. The highest BCUT2D eigenvalue weighted by Crippen LogP contribution is 2.33. The van der Waals surface area contributed by atoms with E-state index in [9.17, 15) is 9.59 Å². The number of nitrogens with zero attached hydrogens (tertiary/aromatic N) is 5. The molecule has 0 spiro atoms. The number of carbonyl (C=O) groups excluding carboxylic acids is 2. The van der Waals surface area contributed by atoms with E-state index in [0.29, 0.717) is 19.0 Å². The fraction of sp³-hybridized carbons (Fsp3) is 0.625. The van der Waals surface area contributed by atoms with Crippen LogP contribution in [0.1, 0.15) is 36.6 Å². The molecule has 4 heterocycles. The molecule has 7 nitrogen and oxygen atoms in total. The number of likely N-dealkylation sites (tertiary alicyclic amines) is 2. The van der Waals surface area contributed by atoms with Crippen LogP contribution in [0.15, 0.2) is 24.3 Å². The van der Waals surface area contributed by atoms with Crippen LogP contribution in [0.25, 0.3) is 10.2 Å². The zero-order chi connectivity index (χ0) is 21.9. The summed E-state index contributed by atoms with van der Waals surface area (Å²) in [4.78, 5) is 38.8. The first-order valence-corrected chi connectivity index (χ1v) is 12.8. The van der Waals surface area contributed by atoms with Gasteiger partial charge >= 0.3 is 0 Å². The van der Waals surface area contributed by atoms with Crippen LogP contribution in [0.2, 0.25) is 0 Å². The first-order chi connectivity index (χ1) is 15.7. The van der Waals surface area contributed by atoms with E-state index in [1.165, 1.54) is 9.71 Å². The molecule has 3 saturated heterocycles. The van der Waals surface area contributed by atoms with Crippen molar-refractivity contribution in [2.45, 2.75) is 31.6 Å². The van der Waals surface area contributed by atoms with Crippen LogP contribution in [0.5, 0.6) is 0 Å². The van der Waals surface area contributed by atoms with Crippen molar-refractivity contribution in [3.8, 4) is 0 Å². The van der Waals surface area contributed by atoms with Crippen LogP contribution in [-0.4, -0.2) is 102 Å². The molecule has 5 rings (SSSR count). The molecule has 0 bridgehead atoms. The molecule has 3 aliphatic heterocycles. The van der Waals surface area contributed by atoms with Gasteiger partial charge in [0.2, 0.25) is 11.8 Å². The van der Waals surface area contributed by atoms with E-state index < -0.39 is 0 Å². The smallest absolute Gasteiger partial charge is 0.236 e. The number of amides is 2. The first kappa shape index (κ1) is 21.8. The quantitative estimate of drug-likeness (QED) is 0.692. The highest BCUT2D eigenvalue weighted by Gasteiger charge is 2.29. The molecular weight excluding hydrogens is 422 g/mol. The highest BCUT2D eigenvalue weighted by molar-refractivity contribution is 7.18. The summed E-state index contributed by atoms with van der Waals surface area (Å²) in [5, 5.41) is 1.17. The van der Waals surface area contributed by atoms with Crippen molar-refractivity contribution in [2.24, 2.45) is 0 Å². The van der Waals surface area contributed by atoms with Crippen LogP contribution in [-0.2, 0) is 9.59 Å². The predicted octanol–water partition coefficient (Wildman–Crippen LogP) is 2.24. The molecule has 0 radical (unpaired) electrons. The maximum atomic E-state index is 13.0. The predicted molar refractivity (Wildman–Crippen MR) is 127 cm³/mol. The lowest BCUT2D eigenvalue weighted by Gasteiger charge is -2.37. The number of aromatic nitrogens is 1. The number of carbonyl (C=O) groups is 2. The molecule has 0 aliphatic carbocycles. The molecule has 3 fully saturated rings. The standard InChI is InChI=1S/C24H33N5O2S/c30-22(28-9-3-4-10-28)17-26-12-14-27(15-13-26)18-23(31)29-11-5-6-19(16-29)24-25-20-7-1-2-8-21(20)32-24/h1-2,7-8,19H,3-6,9-18H2/t19-/m0/s1. The van der Waals surface area contributed by atoms with E-state index >= 15 is 0 Å². The molecule has 172 valence electrons. The Kier molecular flexibility index (Phi) is 6.71. The van der Waals surface area contributed by atoms with Gasteiger partial charge < -0.3 is 9.80 Å². The van der Waals surface area contributed by atoms with Crippen molar-refractivity contribution in [2.75, 3.05) is 65.4 Å². The van der Waals surface area contributed by atoms with Crippen LogP contribution >= 0.6 is 11.3 Å². The number of para-hydroxylation sites is 1. The fourth-order valence-corrected chi connectivity index (χ4v) is 6.22. The van der Waals surface area contributed by atoms with E-state index in [2.05, 4.69) is 28.0 Å². The lowest BCUT2D eigenvalue weighted by atomic mass is 9.98. The van der Waals surface area contributed by atoms with E-state index in [1.807, 2.05) is 15.9 Å². The Bertz CT molecular complexity index is 916. The second kappa shape index (κ2) is 9.85. The second-order valence-corrected chi connectivity index (χ2v) is 10.4. The number of piperidine rings is 1. The van der Waals surface area contributed by atoms with Gasteiger partial charge in [-0.3, -0.25) is 19.4 Å². The van der Waals surface area contributed by atoms with Crippen molar-refractivity contribution in [1.82, 2.24) is 24.6 Å². The zero-order valence-electron chi connectivity index (χ0n) is 18.7. The van der Waals surface area contributed by atoms with Gasteiger partial charge in [-0.05, 0) is 37.8 Å². The van der Waals surface area contributed by atoms with Crippen molar-refractivity contribution in [1.29, 1.82) is 0 Å². The average molecular weight is 456 g/mol. The topological polar surface area (TPSA) is 60.0 Å². The Balaban J connectivity index is 1.10. The van der Waals surface area contributed by atoms with Gasteiger partial charge in [0.05, 0.1) is 28.3 Å². The van der Waals surface area contributed by atoms with Crippen LogP contribution in [0.3, 0.4) is 0 Å². The van der Waals surface area contributed by atoms with Gasteiger partial charge in [0.15, 0.2) is 0 Å². The minimum Gasteiger partial charge on any atom is -0.342 e. The second-order valence-electron chi connectivity index (χ2n) is 9.34. The van der Waals surface area contributed by atoms with Gasteiger partial charge in [-0.1, -0.05) is 12.1 Å². The molecule has 2 aromatic rings. The largest absolute Gasteiger partial charge is 0.342 e. The van der Waals surface area contributed by atoms with Gasteiger partial charge in [0, 0.05) is 58.3 Å². The molecule has 3 aliphatic rings. The average Bonchev–Trinajstić information content (AvgIpc) is 3.51. The molecule has 0 unspecified atom stereocenters. The van der Waals surface area contributed by atoms with Gasteiger partial charge in [-0.2, -0.15) is 0 Å².